The molecule has 1 amide bonds. The summed E-state index contributed by atoms with van der Waals surface area (Å²) < 4.78 is 5.05. The minimum Gasteiger partial charge on any atom is -0.409 e. The Bertz CT molecular complexity index is 379. The molecule has 1 rings (SSSR count). The van der Waals surface area contributed by atoms with E-state index in [9.17, 15) is 4.79 Å². The van der Waals surface area contributed by atoms with Crippen molar-refractivity contribution in [1.82, 2.24) is 5.32 Å². The average molecular weight is 242 g/mol. The molecule has 1 aromatic carbocycles. The second-order valence-electron chi connectivity index (χ2n) is 3.64. The van der Waals surface area contributed by atoms with Crippen molar-refractivity contribution in [1.29, 1.82) is 0 Å². The third kappa shape index (κ3) is 3.14. The Balaban J connectivity index is 2.94. The van der Waals surface area contributed by atoms with Crippen LogP contribution in [0.4, 0.5) is 4.79 Å². The van der Waals surface area contributed by atoms with Gasteiger partial charge in [-0.2, -0.15) is 0 Å². The lowest BCUT2D eigenvalue weighted by molar-refractivity contribution is 0.203. The number of rotatable bonds is 3. The zero-order valence-corrected chi connectivity index (χ0v) is 10.5. The molecule has 1 atom stereocenters. The third-order valence-corrected chi connectivity index (χ3v) is 2.86. The molecule has 0 spiro atoms. The fraction of sp³-hybridized carbons (Fsp3) is 0.417. The van der Waals surface area contributed by atoms with E-state index in [1.165, 1.54) is 7.05 Å². The smallest absolute Gasteiger partial charge is 0.409 e. The maximum absolute atomic E-state index is 11.1. The molecule has 0 aliphatic heterocycles. The molecule has 0 fully saturated rings. The van der Waals surface area contributed by atoms with Gasteiger partial charge in [0.25, 0.3) is 0 Å². The predicted molar refractivity (Wildman–Crippen MR) is 65.2 cm³/mol. The maximum atomic E-state index is 11.1. The highest BCUT2D eigenvalue weighted by Gasteiger charge is 2.10. The summed E-state index contributed by atoms with van der Waals surface area (Å²) >= 11 is 5.94. The molecular weight excluding hydrogens is 226 g/mol. The van der Waals surface area contributed by atoms with E-state index in [0.29, 0.717) is 16.7 Å². The van der Waals surface area contributed by atoms with E-state index in [2.05, 4.69) is 19.2 Å². The highest BCUT2D eigenvalue weighted by molar-refractivity contribution is 6.32. The van der Waals surface area contributed by atoms with Gasteiger partial charge in [0.1, 0.15) is 0 Å². The SMILES string of the molecule is CCC(C)c1ccc(Cl)c(OC(=O)NC)c1. The van der Waals surface area contributed by atoms with Gasteiger partial charge in [-0.1, -0.05) is 31.5 Å². The molecule has 1 unspecified atom stereocenters. The molecule has 0 bridgehead atoms. The molecule has 1 N–H and O–H groups in total. The van der Waals surface area contributed by atoms with Crippen molar-refractivity contribution >= 4 is 17.7 Å². The molecule has 0 aromatic heterocycles. The first-order valence-corrected chi connectivity index (χ1v) is 5.65. The van der Waals surface area contributed by atoms with Crippen LogP contribution in [0.5, 0.6) is 5.75 Å². The lowest BCUT2D eigenvalue weighted by Crippen LogP contribution is -2.22. The van der Waals surface area contributed by atoms with Gasteiger partial charge < -0.3 is 10.1 Å². The van der Waals surface area contributed by atoms with E-state index in [1.807, 2.05) is 12.1 Å². The van der Waals surface area contributed by atoms with E-state index in [1.54, 1.807) is 6.07 Å². The van der Waals surface area contributed by atoms with E-state index in [4.69, 9.17) is 16.3 Å². The van der Waals surface area contributed by atoms with Crippen LogP contribution in [0.25, 0.3) is 0 Å². The second-order valence-corrected chi connectivity index (χ2v) is 4.05. The zero-order chi connectivity index (χ0) is 12.1. The molecule has 0 radical (unpaired) electrons. The summed E-state index contributed by atoms with van der Waals surface area (Å²) in [6.07, 6.45) is 0.518. The monoisotopic (exact) mass is 241 g/mol. The summed E-state index contributed by atoms with van der Waals surface area (Å²) in [6, 6.07) is 5.51. The number of nitrogens with one attached hydrogen (secondary N) is 1. The van der Waals surface area contributed by atoms with Gasteiger partial charge in [0.2, 0.25) is 0 Å². The highest BCUT2D eigenvalue weighted by Crippen LogP contribution is 2.29. The molecule has 16 heavy (non-hydrogen) atoms. The highest BCUT2D eigenvalue weighted by atomic mass is 35.5. The summed E-state index contributed by atoms with van der Waals surface area (Å²) in [5, 5.41) is 2.82. The van der Waals surface area contributed by atoms with Crippen LogP contribution in [0.15, 0.2) is 18.2 Å². The largest absolute Gasteiger partial charge is 0.412 e. The number of hydrogen-bond acceptors (Lipinski definition) is 2. The number of amides is 1. The lowest BCUT2D eigenvalue weighted by Gasteiger charge is -2.12. The van der Waals surface area contributed by atoms with E-state index in [-0.39, 0.29) is 0 Å². The third-order valence-electron chi connectivity index (χ3n) is 2.54. The van der Waals surface area contributed by atoms with Crippen molar-refractivity contribution < 1.29 is 9.53 Å². The normalized spacial score (nSPS) is 12.0. The fourth-order valence-electron chi connectivity index (χ4n) is 1.29. The molecule has 0 saturated heterocycles. The summed E-state index contributed by atoms with van der Waals surface area (Å²) in [6.45, 7) is 4.23. The first-order valence-electron chi connectivity index (χ1n) is 5.27. The molecule has 4 heteroatoms. The Labute approximate surface area is 101 Å². The number of hydrogen-bond donors (Lipinski definition) is 1. The Morgan fingerprint density at radius 2 is 2.25 bits per heavy atom. The van der Waals surface area contributed by atoms with Crippen molar-refractivity contribution in [3.05, 3.63) is 28.8 Å². The Hall–Kier alpha value is -1.22. The number of benzene rings is 1. The van der Waals surface area contributed by atoms with Crippen LogP contribution >= 0.6 is 11.6 Å². The Kier molecular flexibility index (Phi) is 4.62. The topological polar surface area (TPSA) is 38.3 Å². The van der Waals surface area contributed by atoms with Crippen LogP contribution < -0.4 is 10.1 Å². The van der Waals surface area contributed by atoms with Crippen LogP contribution in [0.3, 0.4) is 0 Å². The number of ether oxygens (including phenoxy) is 1. The summed E-state index contributed by atoms with van der Waals surface area (Å²) in [5.41, 5.74) is 1.12. The quantitative estimate of drug-likeness (QED) is 0.879. The first-order chi connectivity index (χ1) is 7.58. The van der Waals surface area contributed by atoms with Crippen LogP contribution in [0.2, 0.25) is 5.02 Å². The van der Waals surface area contributed by atoms with Crippen molar-refractivity contribution in [2.75, 3.05) is 7.05 Å². The van der Waals surface area contributed by atoms with Crippen molar-refractivity contribution in [2.24, 2.45) is 0 Å². The first kappa shape index (κ1) is 12.8. The van der Waals surface area contributed by atoms with Crippen molar-refractivity contribution in [3.8, 4) is 5.75 Å². The van der Waals surface area contributed by atoms with Crippen LogP contribution in [-0.4, -0.2) is 13.1 Å². The van der Waals surface area contributed by atoms with Gasteiger partial charge in [0.05, 0.1) is 5.02 Å². The van der Waals surface area contributed by atoms with E-state index < -0.39 is 6.09 Å². The number of halogens is 1. The average Bonchev–Trinajstić information content (AvgIpc) is 2.30. The Morgan fingerprint density at radius 3 is 2.81 bits per heavy atom. The van der Waals surface area contributed by atoms with Crippen molar-refractivity contribution in [2.45, 2.75) is 26.2 Å². The van der Waals surface area contributed by atoms with Gasteiger partial charge >= 0.3 is 6.09 Å². The summed E-state index contributed by atoms with van der Waals surface area (Å²) in [4.78, 5) is 11.1. The summed E-state index contributed by atoms with van der Waals surface area (Å²) in [5.74, 6) is 0.822. The van der Waals surface area contributed by atoms with Gasteiger partial charge in [-0.25, -0.2) is 4.79 Å². The van der Waals surface area contributed by atoms with Gasteiger partial charge in [-0.3, -0.25) is 0 Å². The van der Waals surface area contributed by atoms with Crippen LogP contribution in [-0.2, 0) is 0 Å². The zero-order valence-electron chi connectivity index (χ0n) is 9.71. The summed E-state index contributed by atoms with van der Waals surface area (Å²) in [7, 11) is 1.51. The van der Waals surface area contributed by atoms with Crippen LogP contribution in [0.1, 0.15) is 31.7 Å². The molecule has 3 nitrogen and oxygen atoms in total. The lowest BCUT2D eigenvalue weighted by atomic mass is 9.99. The maximum Gasteiger partial charge on any atom is 0.412 e. The van der Waals surface area contributed by atoms with Crippen LogP contribution in [0, 0.1) is 0 Å². The molecule has 0 heterocycles. The molecule has 88 valence electrons. The molecular formula is C12H16ClNO2. The number of carbonyl (C=O) groups excluding carboxylic acids is 1. The molecule has 0 aliphatic rings. The minimum atomic E-state index is -0.511. The molecule has 0 saturated carbocycles. The van der Waals surface area contributed by atoms with Crippen molar-refractivity contribution in [3.63, 3.8) is 0 Å². The predicted octanol–water partition coefficient (Wildman–Crippen LogP) is 3.57. The van der Waals surface area contributed by atoms with Gasteiger partial charge in [-0.05, 0) is 30.0 Å². The fourth-order valence-corrected chi connectivity index (χ4v) is 1.45. The van der Waals surface area contributed by atoms with Gasteiger partial charge in [0, 0.05) is 7.05 Å². The van der Waals surface area contributed by atoms with E-state index in [0.717, 1.165) is 12.0 Å². The second kappa shape index (κ2) is 5.75. The standard InChI is InChI=1S/C12H16ClNO2/c1-4-8(2)9-5-6-10(13)11(7-9)16-12(15)14-3/h5-8H,4H2,1-3H3,(H,14,15). The molecule has 0 aliphatic carbocycles. The van der Waals surface area contributed by atoms with E-state index >= 15 is 0 Å². The molecule has 1 aromatic rings. The van der Waals surface area contributed by atoms with Gasteiger partial charge in [-0.15, -0.1) is 0 Å². The number of carbonyl (C=O) groups is 1. The van der Waals surface area contributed by atoms with Gasteiger partial charge in [0.15, 0.2) is 5.75 Å². The Morgan fingerprint density at radius 1 is 1.56 bits per heavy atom. The minimum absolute atomic E-state index is 0.402.